The van der Waals surface area contributed by atoms with E-state index in [1.807, 2.05) is 37.3 Å². The van der Waals surface area contributed by atoms with Crippen LogP contribution in [0.15, 0.2) is 41.5 Å². The van der Waals surface area contributed by atoms with Crippen LogP contribution in [0.2, 0.25) is 0 Å². The van der Waals surface area contributed by atoms with Crippen molar-refractivity contribution in [1.29, 1.82) is 0 Å². The molecule has 3 heteroatoms. The second kappa shape index (κ2) is 4.53. The molecule has 1 aromatic rings. The molecule has 1 aliphatic heterocycles. The van der Waals surface area contributed by atoms with Crippen LogP contribution in [0.4, 0.5) is 0 Å². The van der Waals surface area contributed by atoms with Crippen molar-refractivity contribution in [3.63, 3.8) is 0 Å². The summed E-state index contributed by atoms with van der Waals surface area (Å²) in [5.41, 5.74) is 2.10. The standard InChI is InChI=1S/C14H14O3/c1-9(11-6-4-3-5-7-11)8-12-10(2)13(15)17-14(12)16/h3-7,9H,8H2,1-2H3. The average Bonchev–Trinajstić information content (AvgIpc) is 2.57. The maximum atomic E-state index is 11.5. The molecule has 0 fully saturated rings. The van der Waals surface area contributed by atoms with Gasteiger partial charge >= 0.3 is 11.9 Å². The predicted molar refractivity (Wildman–Crippen MR) is 63.3 cm³/mol. The monoisotopic (exact) mass is 230 g/mol. The maximum Gasteiger partial charge on any atom is 0.342 e. The molecular weight excluding hydrogens is 216 g/mol. The van der Waals surface area contributed by atoms with Gasteiger partial charge in [-0.05, 0) is 24.8 Å². The number of rotatable bonds is 3. The van der Waals surface area contributed by atoms with Gasteiger partial charge in [-0.25, -0.2) is 9.59 Å². The van der Waals surface area contributed by atoms with E-state index in [0.29, 0.717) is 17.6 Å². The van der Waals surface area contributed by atoms with E-state index < -0.39 is 11.9 Å². The van der Waals surface area contributed by atoms with Crippen molar-refractivity contribution in [2.75, 3.05) is 0 Å². The van der Waals surface area contributed by atoms with Crippen molar-refractivity contribution < 1.29 is 14.3 Å². The summed E-state index contributed by atoms with van der Waals surface area (Å²) in [5, 5.41) is 0. The number of ether oxygens (including phenoxy) is 1. The molecule has 0 bridgehead atoms. The third-order valence-corrected chi connectivity index (χ3v) is 3.07. The Balaban J connectivity index is 2.17. The molecule has 17 heavy (non-hydrogen) atoms. The number of cyclic esters (lactones) is 2. The van der Waals surface area contributed by atoms with Crippen molar-refractivity contribution in [1.82, 2.24) is 0 Å². The zero-order valence-electron chi connectivity index (χ0n) is 9.90. The number of hydrogen-bond donors (Lipinski definition) is 0. The number of benzene rings is 1. The molecule has 0 aromatic heterocycles. The average molecular weight is 230 g/mol. The minimum atomic E-state index is -0.509. The molecule has 88 valence electrons. The molecule has 1 aromatic carbocycles. The van der Waals surface area contributed by atoms with Crippen LogP contribution in [-0.2, 0) is 14.3 Å². The second-order valence-corrected chi connectivity index (χ2v) is 4.30. The van der Waals surface area contributed by atoms with Crippen LogP contribution in [0, 0.1) is 0 Å². The van der Waals surface area contributed by atoms with Gasteiger partial charge in [-0.2, -0.15) is 0 Å². The summed E-state index contributed by atoms with van der Waals surface area (Å²) in [6.45, 7) is 3.67. The quantitative estimate of drug-likeness (QED) is 0.592. The van der Waals surface area contributed by atoms with Gasteiger partial charge in [0, 0.05) is 11.1 Å². The van der Waals surface area contributed by atoms with Crippen LogP contribution in [0.25, 0.3) is 0 Å². The van der Waals surface area contributed by atoms with Crippen molar-refractivity contribution in [3.05, 3.63) is 47.0 Å². The fourth-order valence-corrected chi connectivity index (χ4v) is 1.94. The van der Waals surface area contributed by atoms with Gasteiger partial charge in [-0.1, -0.05) is 37.3 Å². The number of carbonyl (C=O) groups excluding carboxylic acids is 2. The molecule has 0 amide bonds. The summed E-state index contributed by atoms with van der Waals surface area (Å²) in [5.74, 6) is -0.805. The van der Waals surface area contributed by atoms with Crippen molar-refractivity contribution in [3.8, 4) is 0 Å². The highest BCUT2D eigenvalue weighted by Gasteiger charge is 2.30. The van der Waals surface area contributed by atoms with Crippen LogP contribution < -0.4 is 0 Å². The lowest BCUT2D eigenvalue weighted by molar-refractivity contribution is -0.151. The Kier molecular flexibility index (Phi) is 3.09. The first-order valence-corrected chi connectivity index (χ1v) is 5.61. The van der Waals surface area contributed by atoms with Crippen molar-refractivity contribution in [2.45, 2.75) is 26.2 Å². The third kappa shape index (κ3) is 2.28. The van der Waals surface area contributed by atoms with Gasteiger partial charge in [0.15, 0.2) is 0 Å². The Hall–Kier alpha value is -1.90. The number of carbonyl (C=O) groups is 2. The lowest BCUT2D eigenvalue weighted by Crippen LogP contribution is -2.04. The summed E-state index contributed by atoms with van der Waals surface area (Å²) >= 11 is 0. The summed E-state index contributed by atoms with van der Waals surface area (Å²) in [6, 6.07) is 9.91. The van der Waals surface area contributed by atoms with Crippen molar-refractivity contribution >= 4 is 11.9 Å². The first-order chi connectivity index (χ1) is 8.09. The molecule has 0 saturated carbocycles. The van der Waals surface area contributed by atoms with Crippen LogP contribution in [0.5, 0.6) is 0 Å². The summed E-state index contributed by atoms with van der Waals surface area (Å²) in [6.07, 6.45) is 0.542. The first kappa shape index (κ1) is 11.6. The van der Waals surface area contributed by atoms with Crippen LogP contribution in [0.3, 0.4) is 0 Å². The molecule has 2 rings (SSSR count). The smallest absolute Gasteiger partial charge is 0.342 e. The fourth-order valence-electron chi connectivity index (χ4n) is 1.94. The molecule has 3 nitrogen and oxygen atoms in total. The zero-order valence-corrected chi connectivity index (χ0v) is 9.90. The lowest BCUT2D eigenvalue weighted by Gasteiger charge is -2.11. The molecule has 0 N–H and O–H groups in total. The lowest BCUT2D eigenvalue weighted by atomic mass is 9.92. The van der Waals surface area contributed by atoms with E-state index in [1.165, 1.54) is 0 Å². The molecule has 1 unspecified atom stereocenters. The van der Waals surface area contributed by atoms with Gasteiger partial charge in [-0.15, -0.1) is 0 Å². The Labute approximate surface area is 100 Å². The molecule has 1 atom stereocenters. The summed E-state index contributed by atoms with van der Waals surface area (Å²) in [7, 11) is 0. The Morgan fingerprint density at radius 3 is 2.29 bits per heavy atom. The van der Waals surface area contributed by atoms with Gasteiger partial charge in [0.05, 0.1) is 0 Å². The molecule has 0 aliphatic carbocycles. The molecule has 1 heterocycles. The van der Waals surface area contributed by atoms with Gasteiger partial charge in [0.2, 0.25) is 0 Å². The predicted octanol–water partition coefficient (Wildman–Crippen LogP) is 2.58. The van der Waals surface area contributed by atoms with E-state index in [2.05, 4.69) is 4.74 Å². The molecule has 0 spiro atoms. The number of hydrogen-bond acceptors (Lipinski definition) is 3. The summed E-state index contributed by atoms with van der Waals surface area (Å²) in [4.78, 5) is 22.7. The minimum absolute atomic E-state index is 0.194. The van der Waals surface area contributed by atoms with Crippen molar-refractivity contribution in [2.24, 2.45) is 0 Å². The molecular formula is C14H14O3. The van der Waals surface area contributed by atoms with Gasteiger partial charge in [0.25, 0.3) is 0 Å². The van der Waals surface area contributed by atoms with E-state index in [1.54, 1.807) is 6.92 Å². The highest BCUT2D eigenvalue weighted by molar-refractivity contribution is 6.12. The minimum Gasteiger partial charge on any atom is -0.386 e. The van der Waals surface area contributed by atoms with E-state index in [-0.39, 0.29) is 5.92 Å². The fraction of sp³-hybridized carbons (Fsp3) is 0.286. The SMILES string of the molecule is CC1=C(CC(C)c2ccccc2)C(=O)OC1=O. The summed E-state index contributed by atoms with van der Waals surface area (Å²) < 4.78 is 4.57. The molecule has 0 saturated heterocycles. The largest absolute Gasteiger partial charge is 0.386 e. The maximum absolute atomic E-state index is 11.5. The first-order valence-electron chi connectivity index (χ1n) is 5.61. The highest BCUT2D eigenvalue weighted by atomic mass is 16.6. The Bertz CT molecular complexity index is 485. The van der Waals surface area contributed by atoms with Crippen LogP contribution in [-0.4, -0.2) is 11.9 Å². The molecule has 0 radical (unpaired) electrons. The van der Waals surface area contributed by atoms with E-state index in [9.17, 15) is 9.59 Å². The van der Waals surface area contributed by atoms with E-state index >= 15 is 0 Å². The van der Waals surface area contributed by atoms with Gasteiger partial charge < -0.3 is 4.74 Å². The van der Waals surface area contributed by atoms with Crippen LogP contribution >= 0.6 is 0 Å². The number of esters is 2. The van der Waals surface area contributed by atoms with Gasteiger partial charge in [-0.3, -0.25) is 0 Å². The van der Waals surface area contributed by atoms with Gasteiger partial charge in [0.1, 0.15) is 0 Å². The second-order valence-electron chi connectivity index (χ2n) is 4.30. The normalized spacial score (nSPS) is 17.3. The highest BCUT2D eigenvalue weighted by Crippen LogP contribution is 2.28. The Morgan fingerprint density at radius 1 is 1.12 bits per heavy atom. The third-order valence-electron chi connectivity index (χ3n) is 3.07. The van der Waals surface area contributed by atoms with E-state index in [0.717, 1.165) is 5.56 Å². The van der Waals surface area contributed by atoms with E-state index in [4.69, 9.17) is 0 Å². The van der Waals surface area contributed by atoms with Crippen LogP contribution in [0.1, 0.15) is 31.7 Å². The Morgan fingerprint density at radius 2 is 1.76 bits per heavy atom. The molecule has 1 aliphatic rings. The topological polar surface area (TPSA) is 43.4 Å². The zero-order chi connectivity index (χ0) is 12.4.